The second kappa shape index (κ2) is 6.48. The third-order valence-electron chi connectivity index (χ3n) is 3.34. The van der Waals surface area contributed by atoms with Gasteiger partial charge in [0.25, 0.3) is 0 Å². The summed E-state index contributed by atoms with van der Waals surface area (Å²) in [5.41, 5.74) is 7.01. The lowest BCUT2D eigenvalue weighted by Crippen LogP contribution is -2.17. The molecule has 2 heterocycles. The third-order valence-corrected chi connectivity index (χ3v) is 3.34. The predicted molar refractivity (Wildman–Crippen MR) is 72.9 cm³/mol. The fraction of sp³-hybridized carbons (Fsp3) is 0.643. The number of aromatic nitrogens is 1. The summed E-state index contributed by atoms with van der Waals surface area (Å²) in [4.78, 5) is 0. The first-order valence-electron chi connectivity index (χ1n) is 6.89. The Morgan fingerprint density at radius 2 is 2.47 bits per heavy atom. The molecule has 2 N–H and O–H groups in total. The quantitative estimate of drug-likeness (QED) is 0.799. The average Bonchev–Trinajstić information content (AvgIpc) is 3.01. The van der Waals surface area contributed by atoms with Gasteiger partial charge < -0.3 is 15.2 Å². The molecule has 0 saturated carbocycles. The molecule has 1 atom stereocenters. The molecule has 0 bridgehead atoms. The molecule has 19 heavy (non-hydrogen) atoms. The number of ether oxygens (including phenoxy) is 2. The highest BCUT2D eigenvalue weighted by Crippen LogP contribution is 2.28. The van der Waals surface area contributed by atoms with Crippen molar-refractivity contribution in [3.63, 3.8) is 0 Å². The zero-order chi connectivity index (χ0) is 13.7. The first-order chi connectivity index (χ1) is 9.26. The molecule has 1 aromatic rings. The lowest BCUT2D eigenvalue weighted by Gasteiger charge is -2.15. The second-order valence-electron chi connectivity index (χ2n) is 4.85. The largest absolute Gasteiger partial charge is 0.477 e. The van der Waals surface area contributed by atoms with Crippen molar-refractivity contribution in [3.8, 4) is 11.9 Å². The Kier molecular flexibility index (Phi) is 4.69. The minimum Gasteiger partial charge on any atom is -0.477 e. The molecule has 5 heteroatoms. The van der Waals surface area contributed by atoms with E-state index in [-0.39, 0.29) is 6.10 Å². The van der Waals surface area contributed by atoms with Crippen LogP contribution in [0.1, 0.15) is 38.3 Å². The van der Waals surface area contributed by atoms with E-state index >= 15 is 0 Å². The van der Waals surface area contributed by atoms with Crippen molar-refractivity contribution >= 4 is 5.69 Å². The topological polar surface area (TPSA) is 73.2 Å². The van der Waals surface area contributed by atoms with E-state index in [9.17, 15) is 5.26 Å². The Morgan fingerprint density at radius 3 is 3.11 bits per heavy atom. The van der Waals surface area contributed by atoms with Crippen molar-refractivity contribution in [2.45, 2.75) is 45.3 Å². The molecule has 5 nitrogen and oxygen atoms in total. The zero-order valence-corrected chi connectivity index (χ0v) is 11.4. The Bertz CT molecular complexity index is 456. The normalized spacial score (nSPS) is 18.4. The minimum atomic E-state index is 0.160. The van der Waals surface area contributed by atoms with Crippen molar-refractivity contribution in [2.75, 3.05) is 18.9 Å². The van der Waals surface area contributed by atoms with Crippen LogP contribution in [0.3, 0.4) is 0 Å². The highest BCUT2D eigenvalue weighted by atomic mass is 16.5. The number of nitriles is 1. The van der Waals surface area contributed by atoms with Crippen molar-refractivity contribution < 1.29 is 9.47 Å². The van der Waals surface area contributed by atoms with Gasteiger partial charge in [0.15, 0.2) is 0 Å². The summed E-state index contributed by atoms with van der Waals surface area (Å²) in [6.07, 6.45) is 4.31. The van der Waals surface area contributed by atoms with Gasteiger partial charge in [0, 0.05) is 12.7 Å². The molecule has 0 radical (unpaired) electrons. The van der Waals surface area contributed by atoms with E-state index in [1.54, 1.807) is 6.07 Å². The van der Waals surface area contributed by atoms with Crippen molar-refractivity contribution in [2.24, 2.45) is 0 Å². The summed E-state index contributed by atoms with van der Waals surface area (Å²) in [6.45, 7) is 4.18. The van der Waals surface area contributed by atoms with E-state index in [0.29, 0.717) is 30.4 Å². The van der Waals surface area contributed by atoms with Crippen LogP contribution in [-0.4, -0.2) is 23.9 Å². The fourth-order valence-electron chi connectivity index (χ4n) is 2.29. The second-order valence-corrected chi connectivity index (χ2v) is 4.85. The Balaban J connectivity index is 2.14. The number of unbranched alkanes of at least 4 members (excludes halogenated alkanes) is 1. The van der Waals surface area contributed by atoms with Gasteiger partial charge in [-0.3, -0.25) is 4.57 Å². The minimum absolute atomic E-state index is 0.160. The van der Waals surface area contributed by atoms with Gasteiger partial charge in [-0.25, -0.2) is 0 Å². The van der Waals surface area contributed by atoms with Crippen LogP contribution in [-0.2, 0) is 11.3 Å². The van der Waals surface area contributed by atoms with Crippen LogP contribution in [0.25, 0.3) is 0 Å². The van der Waals surface area contributed by atoms with Gasteiger partial charge in [0.05, 0.1) is 24.9 Å². The molecule has 0 spiro atoms. The fourth-order valence-corrected chi connectivity index (χ4v) is 2.29. The maximum atomic E-state index is 9.18. The smallest absolute Gasteiger partial charge is 0.218 e. The molecule has 1 fully saturated rings. The van der Waals surface area contributed by atoms with Crippen molar-refractivity contribution in [1.82, 2.24) is 4.57 Å². The predicted octanol–water partition coefficient (Wildman–Crippen LogP) is 2.30. The maximum absolute atomic E-state index is 9.18. The highest BCUT2D eigenvalue weighted by molar-refractivity contribution is 5.55. The molecule has 1 unspecified atom stereocenters. The summed E-state index contributed by atoms with van der Waals surface area (Å²) in [6, 6.07) is 3.85. The molecule has 1 aliphatic heterocycles. The van der Waals surface area contributed by atoms with Crippen LogP contribution in [0.15, 0.2) is 6.07 Å². The Morgan fingerprint density at radius 1 is 1.63 bits per heavy atom. The van der Waals surface area contributed by atoms with E-state index in [2.05, 4.69) is 13.0 Å². The molecular weight excluding hydrogens is 242 g/mol. The number of nitrogen functional groups attached to an aromatic ring is 1. The maximum Gasteiger partial charge on any atom is 0.218 e. The highest BCUT2D eigenvalue weighted by Gasteiger charge is 2.21. The van der Waals surface area contributed by atoms with Crippen LogP contribution >= 0.6 is 0 Å². The van der Waals surface area contributed by atoms with Gasteiger partial charge in [0.1, 0.15) is 11.8 Å². The summed E-state index contributed by atoms with van der Waals surface area (Å²) in [5, 5.41) is 9.18. The molecule has 2 rings (SSSR count). The molecular formula is C14H21N3O2. The molecule has 1 saturated heterocycles. The van der Waals surface area contributed by atoms with E-state index in [0.717, 1.165) is 32.3 Å². The standard InChI is InChI=1S/C14H21N3O2/c1-2-3-6-19-14-13(16)8-11(9-15)17(14)10-12-5-4-7-18-12/h8,12H,2-7,10,16H2,1H3. The van der Waals surface area contributed by atoms with E-state index in [4.69, 9.17) is 15.2 Å². The molecule has 1 aromatic heterocycles. The summed E-state index contributed by atoms with van der Waals surface area (Å²) < 4.78 is 13.2. The lowest BCUT2D eigenvalue weighted by atomic mass is 10.2. The van der Waals surface area contributed by atoms with Gasteiger partial charge in [-0.15, -0.1) is 0 Å². The number of nitrogens with zero attached hydrogens (tertiary/aromatic N) is 2. The third kappa shape index (κ3) is 3.21. The first kappa shape index (κ1) is 13.8. The number of anilines is 1. The average molecular weight is 263 g/mol. The Hall–Kier alpha value is -1.67. The molecule has 0 aromatic carbocycles. The van der Waals surface area contributed by atoms with Crippen LogP contribution in [0.4, 0.5) is 5.69 Å². The van der Waals surface area contributed by atoms with Gasteiger partial charge in [-0.2, -0.15) is 5.26 Å². The Labute approximate surface area is 113 Å². The van der Waals surface area contributed by atoms with E-state index in [1.807, 2.05) is 4.57 Å². The SMILES string of the molecule is CCCCOc1c(N)cc(C#N)n1CC1CCCO1. The van der Waals surface area contributed by atoms with E-state index in [1.165, 1.54) is 0 Å². The summed E-state index contributed by atoms with van der Waals surface area (Å²) >= 11 is 0. The van der Waals surface area contributed by atoms with Gasteiger partial charge in [0.2, 0.25) is 5.88 Å². The van der Waals surface area contributed by atoms with Gasteiger partial charge in [-0.1, -0.05) is 13.3 Å². The van der Waals surface area contributed by atoms with Gasteiger partial charge in [-0.05, 0) is 19.3 Å². The zero-order valence-electron chi connectivity index (χ0n) is 11.4. The van der Waals surface area contributed by atoms with Crippen LogP contribution in [0, 0.1) is 11.3 Å². The van der Waals surface area contributed by atoms with Crippen LogP contribution in [0.5, 0.6) is 5.88 Å². The van der Waals surface area contributed by atoms with Crippen LogP contribution < -0.4 is 10.5 Å². The number of hydrogen-bond acceptors (Lipinski definition) is 4. The molecule has 1 aliphatic rings. The monoisotopic (exact) mass is 263 g/mol. The van der Waals surface area contributed by atoms with Crippen LogP contribution in [0.2, 0.25) is 0 Å². The number of rotatable bonds is 6. The molecule has 0 amide bonds. The van der Waals surface area contributed by atoms with Crippen molar-refractivity contribution in [1.29, 1.82) is 5.26 Å². The summed E-state index contributed by atoms with van der Waals surface area (Å²) in [5.74, 6) is 0.612. The molecule has 104 valence electrons. The lowest BCUT2D eigenvalue weighted by molar-refractivity contribution is 0.0940. The number of hydrogen-bond donors (Lipinski definition) is 1. The van der Waals surface area contributed by atoms with Gasteiger partial charge >= 0.3 is 0 Å². The van der Waals surface area contributed by atoms with Crippen molar-refractivity contribution in [3.05, 3.63) is 11.8 Å². The molecule has 0 aliphatic carbocycles. The number of nitrogens with two attached hydrogens (primary N) is 1. The van der Waals surface area contributed by atoms with E-state index < -0.39 is 0 Å². The first-order valence-corrected chi connectivity index (χ1v) is 6.89. The summed E-state index contributed by atoms with van der Waals surface area (Å²) in [7, 11) is 0.